The van der Waals surface area contributed by atoms with Crippen molar-refractivity contribution < 1.29 is 23.8 Å². The molecular weight excluding hydrogens is 500 g/mol. The minimum atomic E-state index is -0.515. The first-order valence-corrected chi connectivity index (χ1v) is 11.7. The van der Waals surface area contributed by atoms with Gasteiger partial charge in [0.05, 0.1) is 19.9 Å². The van der Waals surface area contributed by atoms with E-state index < -0.39 is 5.97 Å². The number of thiocarbonyl (C=S) groups is 1. The van der Waals surface area contributed by atoms with Crippen LogP contribution in [-0.4, -0.2) is 42.7 Å². The number of nitrogens with zero attached hydrogens (tertiary/aromatic N) is 2. The molecule has 1 aliphatic heterocycles. The monoisotopic (exact) mass is 522 g/mol. The van der Waals surface area contributed by atoms with Crippen molar-refractivity contribution in [3.63, 3.8) is 0 Å². The fourth-order valence-corrected chi connectivity index (χ4v) is 4.03. The molecule has 0 radical (unpaired) electrons. The summed E-state index contributed by atoms with van der Waals surface area (Å²) in [5, 5.41) is 0.855. The van der Waals surface area contributed by atoms with Gasteiger partial charge in [-0.25, -0.2) is 0 Å². The highest BCUT2D eigenvalue weighted by atomic mass is 35.5. The number of halogens is 1. The first-order valence-electron chi connectivity index (χ1n) is 11.0. The van der Waals surface area contributed by atoms with Crippen molar-refractivity contribution in [2.75, 3.05) is 25.7 Å². The Morgan fingerprint density at radius 2 is 1.58 bits per heavy atom. The van der Waals surface area contributed by atoms with Crippen LogP contribution < -0.4 is 14.4 Å². The predicted octanol–water partition coefficient (Wildman–Crippen LogP) is 5.08. The number of hydrogen-bond donors (Lipinski definition) is 0. The third kappa shape index (κ3) is 5.67. The Hall–Kier alpha value is -3.88. The number of ether oxygens (including phenoxy) is 3. The van der Waals surface area contributed by atoms with Crippen LogP contribution in [0.5, 0.6) is 11.5 Å². The summed E-state index contributed by atoms with van der Waals surface area (Å²) in [5.41, 5.74) is 2.56. The van der Waals surface area contributed by atoms with Crippen LogP contribution in [0, 0.1) is 0 Å². The zero-order chi connectivity index (χ0) is 25.7. The van der Waals surface area contributed by atoms with E-state index in [0.29, 0.717) is 28.8 Å². The molecule has 1 fully saturated rings. The lowest BCUT2D eigenvalue weighted by Gasteiger charge is -2.19. The number of amides is 1. The molecule has 9 heteroatoms. The number of rotatable bonds is 8. The summed E-state index contributed by atoms with van der Waals surface area (Å²) >= 11 is 11.5. The van der Waals surface area contributed by atoms with E-state index in [1.807, 2.05) is 48.5 Å². The standard InChI is InChI=1S/C27H23ClN2O5S/c1-33-22-13-9-21(10-14-22)30-26(32)24(29(27(30)36)16-25(31)34-2)15-18-5-11-23(12-6-18)35-17-19-3-7-20(28)8-4-19/h3-15H,16-17H2,1-2H3/b24-15-. The van der Waals surface area contributed by atoms with Crippen LogP contribution in [0.4, 0.5) is 5.69 Å². The van der Waals surface area contributed by atoms with E-state index in [4.69, 9.17) is 38.0 Å². The Balaban J connectivity index is 1.56. The lowest BCUT2D eigenvalue weighted by atomic mass is 10.1. The van der Waals surface area contributed by atoms with E-state index in [1.54, 1.807) is 37.5 Å². The van der Waals surface area contributed by atoms with Gasteiger partial charge in [0.15, 0.2) is 5.11 Å². The largest absolute Gasteiger partial charge is 0.497 e. The highest BCUT2D eigenvalue weighted by molar-refractivity contribution is 7.80. The molecule has 0 aromatic heterocycles. The maximum absolute atomic E-state index is 13.4. The van der Waals surface area contributed by atoms with Gasteiger partial charge in [0.2, 0.25) is 0 Å². The van der Waals surface area contributed by atoms with Crippen LogP contribution in [0.1, 0.15) is 11.1 Å². The first-order chi connectivity index (χ1) is 17.4. The quantitative estimate of drug-likeness (QED) is 0.232. The number of carbonyl (C=O) groups excluding carboxylic acids is 2. The Kier molecular flexibility index (Phi) is 7.87. The molecule has 3 aromatic carbocycles. The van der Waals surface area contributed by atoms with Gasteiger partial charge in [-0.3, -0.25) is 14.5 Å². The van der Waals surface area contributed by atoms with Crippen LogP contribution in [0.2, 0.25) is 5.02 Å². The zero-order valence-electron chi connectivity index (χ0n) is 19.6. The molecule has 0 unspecified atom stereocenters. The van der Waals surface area contributed by atoms with E-state index in [-0.39, 0.29) is 23.3 Å². The minimum absolute atomic E-state index is 0.185. The number of anilines is 1. The smallest absolute Gasteiger partial charge is 0.325 e. The molecule has 4 rings (SSSR count). The molecule has 36 heavy (non-hydrogen) atoms. The van der Waals surface area contributed by atoms with Crippen molar-refractivity contribution in [2.24, 2.45) is 0 Å². The lowest BCUT2D eigenvalue weighted by molar-refractivity contribution is -0.140. The highest BCUT2D eigenvalue weighted by Crippen LogP contribution is 2.30. The second-order valence-electron chi connectivity index (χ2n) is 7.80. The summed E-state index contributed by atoms with van der Waals surface area (Å²) in [6.45, 7) is 0.204. The number of methoxy groups -OCH3 is 2. The Morgan fingerprint density at radius 1 is 0.944 bits per heavy atom. The summed E-state index contributed by atoms with van der Waals surface area (Å²) in [6.07, 6.45) is 1.68. The summed E-state index contributed by atoms with van der Waals surface area (Å²) in [4.78, 5) is 28.3. The first kappa shape index (κ1) is 25.2. The fourth-order valence-electron chi connectivity index (χ4n) is 3.55. The molecule has 0 atom stereocenters. The molecule has 0 bridgehead atoms. The summed E-state index contributed by atoms with van der Waals surface area (Å²) < 4.78 is 15.8. The zero-order valence-corrected chi connectivity index (χ0v) is 21.2. The van der Waals surface area contributed by atoms with Gasteiger partial charge < -0.3 is 19.1 Å². The van der Waals surface area contributed by atoms with Gasteiger partial charge >= 0.3 is 5.97 Å². The Morgan fingerprint density at radius 3 is 2.19 bits per heavy atom. The van der Waals surface area contributed by atoms with Crippen molar-refractivity contribution in [2.45, 2.75) is 6.61 Å². The van der Waals surface area contributed by atoms with Gasteiger partial charge in [-0.2, -0.15) is 0 Å². The van der Waals surface area contributed by atoms with Crippen LogP contribution in [-0.2, 0) is 20.9 Å². The maximum atomic E-state index is 13.4. The summed E-state index contributed by atoms with van der Waals surface area (Å²) in [6, 6.07) is 21.6. The topological polar surface area (TPSA) is 68.3 Å². The Labute approximate surface area is 219 Å². The van der Waals surface area contributed by atoms with E-state index in [2.05, 4.69) is 0 Å². The van der Waals surface area contributed by atoms with Gasteiger partial charge in [0, 0.05) is 5.02 Å². The molecule has 3 aromatic rings. The predicted molar refractivity (Wildman–Crippen MR) is 142 cm³/mol. The van der Waals surface area contributed by atoms with Crippen molar-refractivity contribution in [3.05, 3.63) is 94.6 Å². The number of hydrogen-bond acceptors (Lipinski definition) is 6. The molecule has 0 spiro atoms. The molecule has 1 heterocycles. The normalized spacial score (nSPS) is 14.4. The second kappa shape index (κ2) is 11.2. The van der Waals surface area contributed by atoms with Crippen molar-refractivity contribution in [1.82, 2.24) is 4.90 Å². The number of carbonyl (C=O) groups is 2. The van der Waals surface area contributed by atoms with Crippen LogP contribution in [0.25, 0.3) is 6.08 Å². The molecular formula is C27H23ClN2O5S. The van der Waals surface area contributed by atoms with E-state index >= 15 is 0 Å². The molecule has 0 saturated carbocycles. The lowest BCUT2D eigenvalue weighted by Crippen LogP contribution is -2.35. The van der Waals surface area contributed by atoms with Crippen LogP contribution in [0.3, 0.4) is 0 Å². The highest BCUT2D eigenvalue weighted by Gasteiger charge is 2.40. The van der Waals surface area contributed by atoms with E-state index in [0.717, 1.165) is 11.1 Å². The summed E-state index contributed by atoms with van der Waals surface area (Å²) in [5.74, 6) is 0.458. The molecule has 0 aliphatic carbocycles. The summed E-state index contributed by atoms with van der Waals surface area (Å²) in [7, 11) is 2.85. The van der Waals surface area contributed by atoms with Gasteiger partial charge in [0.25, 0.3) is 5.91 Å². The van der Waals surface area contributed by atoms with Crippen molar-refractivity contribution >= 4 is 52.6 Å². The van der Waals surface area contributed by atoms with Gasteiger partial charge in [0.1, 0.15) is 30.3 Å². The van der Waals surface area contributed by atoms with E-state index in [9.17, 15) is 9.59 Å². The maximum Gasteiger partial charge on any atom is 0.325 e. The molecule has 184 valence electrons. The fraction of sp³-hybridized carbons (Fsp3) is 0.148. The van der Waals surface area contributed by atoms with Gasteiger partial charge in [-0.05, 0) is 78.0 Å². The van der Waals surface area contributed by atoms with Gasteiger partial charge in [-0.15, -0.1) is 0 Å². The molecule has 1 aliphatic rings. The van der Waals surface area contributed by atoms with Crippen molar-refractivity contribution in [3.8, 4) is 11.5 Å². The average molecular weight is 523 g/mol. The average Bonchev–Trinajstić information content (AvgIpc) is 3.13. The Bertz CT molecular complexity index is 1290. The SMILES string of the molecule is COC(=O)CN1C(=S)N(c2ccc(OC)cc2)C(=O)/C1=C/c1ccc(OCc2ccc(Cl)cc2)cc1. The third-order valence-corrected chi connectivity index (χ3v) is 6.14. The number of esters is 1. The molecule has 7 nitrogen and oxygen atoms in total. The van der Waals surface area contributed by atoms with E-state index in [1.165, 1.54) is 16.9 Å². The molecule has 1 amide bonds. The minimum Gasteiger partial charge on any atom is -0.497 e. The molecule has 1 saturated heterocycles. The third-order valence-electron chi connectivity index (χ3n) is 5.48. The van der Waals surface area contributed by atoms with Crippen LogP contribution in [0.15, 0.2) is 78.5 Å². The number of benzene rings is 3. The van der Waals surface area contributed by atoms with Crippen molar-refractivity contribution in [1.29, 1.82) is 0 Å². The van der Waals surface area contributed by atoms with Crippen LogP contribution >= 0.6 is 23.8 Å². The second-order valence-corrected chi connectivity index (χ2v) is 8.60. The molecule has 0 N–H and O–H groups in total. The van der Waals surface area contributed by atoms with Gasteiger partial charge in [-0.1, -0.05) is 35.9 Å².